The number of thiol groups is 1. The monoisotopic (exact) mass is 489 g/mol. The van der Waals surface area contributed by atoms with Crippen molar-refractivity contribution in [2.24, 2.45) is 11.8 Å². The zero-order chi connectivity index (χ0) is 24.6. The van der Waals surface area contributed by atoms with Gasteiger partial charge in [0, 0.05) is 43.6 Å². The van der Waals surface area contributed by atoms with E-state index < -0.39 is 0 Å². The summed E-state index contributed by atoms with van der Waals surface area (Å²) >= 11 is 4.31. The Morgan fingerprint density at radius 1 is 0.914 bits per heavy atom. The smallest absolute Gasteiger partial charge is 0.139 e. The quantitative estimate of drug-likeness (QED) is 0.292. The number of hydrogen-bond donors (Lipinski definition) is 1. The van der Waals surface area contributed by atoms with Gasteiger partial charge in [-0.3, -0.25) is 4.79 Å². The van der Waals surface area contributed by atoms with Crippen LogP contribution in [0.1, 0.15) is 69.2 Å². The normalized spacial score (nSPS) is 18.0. The Kier molecular flexibility index (Phi) is 9.19. The van der Waals surface area contributed by atoms with E-state index in [1.807, 2.05) is 24.3 Å². The zero-order valence-corrected chi connectivity index (χ0v) is 22.1. The van der Waals surface area contributed by atoms with Crippen LogP contribution < -0.4 is 4.90 Å². The number of para-hydroxylation sites is 1. The molecular formula is C30H39N3OS. The Hall–Kier alpha value is -2.40. The Labute approximate surface area is 216 Å². The first-order valence-electron chi connectivity index (χ1n) is 13.2. The minimum atomic E-state index is 0.360. The highest BCUT2D eigenvalue weighted by Gasteiger charge is 2.21. The predicted octanol–water partition coefficient (Wildman–Crippen LogP) is 7.10. The second-order valence-corrected chi connectivity index (χ2v) is 10.9. The highest BCUT2D eigenvalue weighted by Crippen LogP contribution is 2.34. The summed E-state index contributed by atoms with van der Waals surface area (Å²) in [5, 5.41) is 1.12. The van der Waals surface area contributed by atoms with Crippen LogP contribution in [0, 0.1) is 11.8 Å². The number of rotatable bonds is 11. The Balaban J connectivity index is 1.14. The van der Waals surface area contributed by atoms with E-state index in [1.54, 1.807) is 0 Å². The molecule has 0 aliphatic heterocycles. The standard InChI is InChI=1S/C30H39N3OS/c1-33(2)30-27-10-3-4-11-28(27)31-29(32-30)12-6-8-23-15-13-22(14-16-23)7-5-9-25(34)21-24-17-19-26(35)20-18-24/h3-4,10-11,17-20,22-23,35H,5-9,12-16,21H2,1-2H3. The predicted molar refractivity (Wildman–Crippen MR) is 149 cm³/mol. The number of hydrogen-bond acceptors (Lipinski definition) is 5. The number of nitrogens with zero attached hydrogens (tertiary/aromatic N) is 3. The lowest BCUT2D eigenvalue weighted by Crippen LogP contribution is -2.16. The molecule has 4 rings (SSSR count). The third kappa shape index (κ3) is 7.54. The Morgan fingerprint density at radius 2 is 1.57 bits per heavy atom. The van der Waals surface area contributed by atoms with Crippen LogP contribution in [0.15, 0.2) is 53.4 Å². The van der Waals surface area contributed by atoms with Crippen LogP contribution >= 0.6 is 12.6 Å². The number of aromatic nitrogens is 2. The second-order valence-electron chi connectivity index (χ2n) is 10.4. The summed E-state index contributed by atoms with van der Waals surface area (Å²) in [5.74, 6) is 3.97. The highest BCUT2D eigenvalue weighted by molar-refractivity contribution is 7.80. The maximum absolute atomic E-state index is 12.3. The van der Waals surface area contributed by atoms with Crippen molar-refractivity contribution in [1.29, 1.82) is 0 Å². The number of anilines is 1. The van der Waals surface area contributed by atoms with Crippen molar-refractivity contribution < 1.29 is 4.79 Å². The molecule has 4 nitrogen and oxygen atoms in total. The van der Waals surface area contributed by atoms with Crippen LogP contribution in [-0.2, 0) is 17.6 Å². The number of benzene rings is 2. The molecule has 1 aliphatic rings. The van der Waals surface area contributed by atoms with Gasteiger partial charge in [-0.1, -0.05) is 62.8 Å². The fourth-order valence-electron chi connectivity index (χ4n) is 5.43. The lowest BCUT2D eigenvalue weighted by atomic mass is 9.78. The average molecular weight is 490 g/mol. The Morgan fingerprint density at radius 3 is 2.26 bits per heavy atom. The summed E-state index contributed by atoms with van der Waals surface area (Å²) < 4.78 is 0. The molecule has 3 aromatic rings. The van der Waals surface area contributed by atoms with Gasteiger partial charge in [-0.05, 0) is 54.5 Å². The van der Waals surface area contributed by atoms with Gasteiger partial charge in [0.15, 0.2) is 0 Å². The van der Waals surface area contributed by atoms with Gasteiger partial charge in [0.25, 0.3) is 0 Å². The maximum atomic E-state index is 12.3. The first-order valence-corrected chi connectivity index (χ1v) is 13.6. The maximum Gasteiger partial charge on any atom is 0.139 e. The van der Waals surface area contributed by atoms with Crippen molar-refractivity contribution in [1.82, 2.24) is 9.97 Å². The molecule has 1 aromatic heterocycles. The molecule has 0 bridgehead atoms. The summed E-state index contributed by atoms with van der Waals surface area (Å²) in [5.41, 5.74) is 2.14. The third-order valence-corrected chi connectivity index (χ3v) is 7.74. The van der Waals surface area contributed by atoms with E-state index in [4.69, 9.17) is 9.97 Å². The molecule has 0 unspecified atom stereocenters. The number of fused-ring (bicyclic) bond motifs is 1. The summed E-state index contributed by atoms with van der Waals surface area (Å²) in [4.78, 5) is 25.0. The lowest BCUT2D eigenvalue weighted by molar-refractivity contribution is -0.118. The third-order valence-electron chi connectivity index (χ3n) is 7.44. The van der Waals surface area contributed by atoms with E-state index in [0.29, 0.717) is 18.6 Å². The van der Waals surface area contributed by atoms with E-state index in [-0.39, 0.29) is 0 Å². The van der Waals surface area contributed by atoms with Crippen molar-refractivity contribution >= 4 is 35.1 Å². The summed E-state index contributed by atoms with van der Waals surface area (Å²) in [6.45, 7) is 0. The topological polar surface area (TPSA) is 46.1 Å². The molecule has 5 heteroatoms. The number of carbonyl (C=O) groups is 1. The molecule has 0 amide bonds. The zero-order valence-electron chi connectivity index (χ0n) is 21.2. The molecule has 0 radical (unpaired) electrons. The second kappa shape index (κ2) is 12.5. The lowest BCUT2D eigenvalue weighted by Gasteiger charge is -2.28. The average Bonchev–Trinajstić information content (AvgIpc) is 2.86. The summed E-state index contributed by atoms with van der Waals surface area (Å²) in [6.07, 6.45) is 12.2. The van der Waals surface area contributed by atoms with Gasteiger partial charge < -0.3 is 4.90 Å². The summed E-state index contributed by atoms with van der Waals surface area (Å²) in [7, 11) is 4.10. The van der Waals surface area contributed by atoms with E-state index in [2.05, 4.69) is 55.9 Å². The van der Waals surface area contributed by atoms with Crippen LogP contribution in [0.25, 0.3) is 10.9 Å². The van der Waals surface area contributed by atoms with E-state index >= 15 is 0 Å². The molecule has 1 saturated carbocycles. The molecular weight excluding hydrogens is 450 g/mol. The number of carbonyl (C=O) groups excluding carboxylic acids is 1. The van der Waals surface area contributed by atoms with Crippen molar-refractivity contribution in [2.45, 2.75) is 75.5 Å². The van der Waals surface area contributed by atoms with Gasteiger partial charge in [0.05, 0.1) is 5.52 Å². The first-order chi connectivity index (χ1) is 17.0. The van der Waals surface area contributed by atoms with E-state index in [1.165, 1.54) is 38.5 Å². The largest absolute Gasteiger partial charge is 0.362 e. The SMILES string of the molecule is CN(C)c1nc(CCCC2CCC(CCCC(=O)Cc3ccc(S)cc3)CC2)nc2ccccc12. The highest BCUT2D eigenvalue weighted by atomic mass is 32.1. The van der Waals surface area contributed by atoms with E-state index in [9.17, 15) is 4.79 Å². The molecule has 0 saturated heterocycles. The van der Waals surface area contributed by atoms with Gasteiger partial charge in [0.2, 0.25) is 0 Å². The van der Waals surface area contributed by atoms with Crippen molar-refractivity contribution in [3.63, 3.8) is 0 Å². The number of ketones is 1. The molecule has 0 atom stereocenters. The molecule has 2 aromatic carbocycles. The molecule has 1 fully saturated rings. The molecule has 1 aliphatic carbocycles. The first kappa shape index (κ1) is 25.7. The minimum Gasteiger partial charge on any atom is -0.362 e. The van der Waals surface area contributed by atoms with Crippen LogP contribution in [-0.4, -0.2) is 29.8 Å². The fraction of sp³-hybridized carbons (Fsp3) is 0.500. The molecule has 0 spiro atoms. The number of aryl methyl sites for hydroxylation is 1. The molecule has 0 N–H and O–H groups in total. The molecule has 186 valence electrons. The fourth-order valence-corrected chi connectivity index (χ4v) is 5.58. The Bertz CT molecular complexity index is 1100. The summed E-state index contributed by atoms with van der Waals surface area (Å²) in [6, 6.07) is 16.2. The van der Waals surface area contributed by atoms with Crippen LogP contribution in [0.2, 0.25) is 0 Å². The van der Waals surface area contributed by atoms with Crippen molar-refractivity contribution in [3.8, 4) is 0 Å². The van der Waals surface area contributed by atoms with Gasteiger partial charge >= 0.3 is 0 Å². The van der Waals surface area contributed by atoms with Crippen LogP contribution in [0.3, 0.4) is 0 Å². The van der Waals surface area contributed by atoms with E-state index in [0.717, 1.165) is 64.1 Å². The van der Waals surface area contributed by atoms with Gasteiger partial charge in [-0.15, -0.1) is 12.6 Å². The minimum absolute atomic E-state index is 0.360. The van der Waals surface area contributed by atoms with Crippen molar-refractivity contribution in [2.75, 3.05) is 19.0 Å². The van der Waals surface area contributed by atoms with Crippen LogP contribution in [0.4, 0.5) is 5.82 Å². The van der Waals surface area contributed by atoms with Gasteiger partial charge in [-0.25, -0.2) is 9.97 Å². The number of Topliss-reactive ketones (excluding diaryl/α,β-unsaturated/α-hetero) is 1. The molecule has 1 heterocycles. The van der Waals surface area contributed by atoms with Gasteiger partial charge in [0.1, 0.15) is 17.4 Å². The van der Waals surface area contributed by atoms with Gasteiger partial charge in [-0.2, -0.15) is 0 Å². The van der Waals surface area contributed by atoms with Crippen LogP contribution in [0.5, 0.6) is 0 Å². The van der Waals surface area contributed by atoms with Crippen molar-refractivity contribution in [3.05, 3.63) is 59.9 Å². The molecule has 35 heavy (non-hydrogen) atoms.